The van der Waals surface area contributed by atoms with Crippen molar-refractivity contribution in [2.24, 2.45) is 0 Å². The molecule has 0 fully saturated rings. The van der Waals surface area contributed by atoms with Gasteiger partial charge in [-0.15, -0.1) is 11.3 Å². The second-order valence-corrected chi connectivity index (χ2v) is 14.4. The molecule has 1 aromatic heterocycles. The highest BCUT2D eigenvalue weighted by Gasteiger charge is 2.19. The van der Waals surface area contributed by atoms with E-state index in [4.69, 9.17) is 0 Å². The van der Waals surface area contributed by atoms with Gasteiger partial charge in [0.05, 0.1) is 10.4 Å². The first-order valence-corrected chi connectivity index (χ1v) is 18.6. The van der Waals surface area contributed by atoms with Crippen LogP contribution in [0.25, 0.3) is 75.1 Å². The predicted molar refractivity (Wildman–Crippen MR) is 225 cm³/mol. The van der Waals surface area contributed by atoms with Crippen molar-refractivity contribution < 1.29 is 0 Å². The van der Waals surface area contributed by atoms with E-state index in [1.807, 2.05) is 11.3 Å². The van der Waals surface area contributed by atoms with E-state index in [2.05, 4.69) is 205 Å². The summed E-state index contributed by atoms with van der Waals surface area (Å²) in [6.07, 6.45) is 0. The lowest BCUT2D eigenvalue weighted by Crippen LogP contribution is -2.10. The number of benzene rings is 9. The molecule has 10 aromatic rings. The van der Waals surface area contributed by atoms with Crippen LogP contribution in [0.3, 0.4) is 0 Å². The molecule has 244 valence electrons. The van der Waals surface area contributed by atoms with Crippen LogP contribution in [0.1, 0.15) is 0 Å². The molecular weight excluding hydrogens is 647 g/mol. The molecule has 0 atom stereocenters. The molecule has 0 aliphatic rings. The SMILES string of the molecule is c1ccc(-c2ccc3cc(-c4cccc(N(c5ccc(-c6cccc7ccccc67)cc5)c5cccc6c5sc5ccccc56)c4)ccc3c2)cc1. The fraction of sp³-hybridized carbons (Fsp3) is 0. The van der Waals surface area contributed by atoms with Crippen molar-refractivity contribution in [2.45, 2.75) is 0 Å². The average Bonchev–Trinajstić information content (AvgIpc) is 3.61. The largest absolute Gasteiger partial charge is 0.309 e. The maximum atomic E-state index is 2.43. The summed E-state index contributed by atoms with van der Waals surface area (Å²) in [7, 11) is 0. The summed E-state index contributed by atoms with van der Waals surface area (Å²) in [6, 6.07) is 72.9. The van der Waals surface area contributed by atoms with Crippen LogP contribution in [0.15, 0.2) is 200 Å². The minimum absolute atomic E-state index is 1.12. The third kappa shape index (κ3) is 5.33. The van der Waals surface area contributed by atoms with Gasteiger partial charge < -0.3 is 4.90 Å². The molecule has 0 saturated carbocycles. The summed E-state index contributed by atoms with van der Waals surface area (Å²) in [6.45, 7) is 0. The lowest BCUT2D eigenvalue weighted by Gasteiger charge is -2.27. The van der Waals surface area contributed by atoms with Gasteiger partial charge in [0.15, 0.2) is 0 Å². The van der Waals surface area contributed by atoms with Crippen LogP contribution in [-0.4, -0.2) is 0 Å². The maximum absolute atomic E-state index is 2.43. The molecule has 0 N–H and O–H groups in total. The monoisotopic (exact) mass is 679 g/mol. The number of rotatable bonds is 6. The van der Waals surface area contributed by atoms with Gasteiger partial charge in [-0.3, -0.25) is 0 Å². The Labute approximate surface area is 307 Å². The van der Waals surface area contributed by atoms with Crippen LogP contribution in [0.2, 0.25) is 0 Å². The highest BCUT2D eigenvalue weighted by Crippen LogP contribution is 2.45. The van der Waals surface area contributed by atoms with Gasteiger partial charge in [-0.25, -0.2) is 0 Å². The van der Waals surface area contributed by atoms with Crippen molar-refractivity contribution in [1.29, 1.82) is 0 Å². The Hall–Kier alpha value is -6.48. The molecule has 0 bridgehead atoms. The first kappa shape index (κ1) is 30.4. The zero-order valence-electron chi connectivity index (χ0n) is 28.4. The van der Waals surface area contributed by atoms with Crippen LogP contribution in [-0.2, 0) is 0 Å². The lowest BCUT2D eigenvalue weighted by molar-refractivity contribution is 1.30. The van der Waals surface area contributed by atoms with E-state index in [1.54, 1.807) is 0 Å². The molecule has 0 spiro atoms. The number of anilines is 3. The van der Waals surface area contributed by atoms with Crippen molar-refractivity contribution >= 4 is 70.1 Å². The zero-order valence-corrected chi connectivity index (χ0v) is 29.2. The normalized spacial score (nSPS) is 11.5. The summed E-state index contributed by atoms with van der Waals surface area (Å²) in [5.74, 6) is 0. The number of nitrogens with zero attached hydrogens (tertiary/aromatic N) is 1. The topological polar surface area (TPSA) is 3.24 Å². The molecule has 1 heterocycles. The van der Waals surface area contributed by atoms with Crippen LogP contribution < -0.4 is 4.90 Å². The third-order valence-electron chi connectivity index (χ3n) is 10.2. The highest BCUT2D eigenvalue weighted by molar-refractivity contribution is 7.26. The smallest absolute Gasteiger partial charge is 0.0640 e. The number of fused-ring (bicyclic) bond motifs is 5. The van der Waals surface area contributed by atoms with Crippen molar-refractivity contribution in [3.8, 4) is 33.4 Å². The molecule has 52 heavy (non-hydrogen) atoms. The number of thiophene rings is 1. The third-order valence-corrected chi connectivity index (χ3v) is 11.4. The standard InChI is InChI=1S/C50H33NS/c1-2-11-34(12-3-1)38-23-24-41-32-39(25-26-40(41)31-38)37-15-8-16-43(33-37)51(48-21-10-20-47-46-18-6-7-22-49(46)52-50(47)48)42-29-27-36(28-30-42)45-19-9-14-35-13-4-5-17-44(35)45/h1-33H. The summed E-state index contributed by atoms with van der Waals surface area (Å²) < 4.78 is 2.59. The van der Waals surface area contributed by atoms with Gasteiger partial charge in [-0.1, -0.05) is 152 Å². The van der Waals surface area contributed by atoms with E-state index >= 15 is 0 Å². The van der Waals surface area contributed by atoms with E-state index in [1.165, 1.54) is 80.8 Å². The quantitative estimate of drug-likeness (QED) is 0.169. The van der Waals surface area contributed by atoms with E-state index in [-0.39, 0.29) is 0 Å². The van der Waals surface area contributed by atoms with Gasteiger partial charge in [0.1, 0.15) is 0 Å². The Bertz CT molecular complexity index is 2900. The maximum Gasteiger partial charge on any atom is 0.0640 e. The van der Waals surface area contributed by atoms with Crippen molar-refractivity contribution in [3.05, 3.63) is 200 Å². The van der Waals surface area contributed by atoms with Crippen molar-refractivity contribution in [3.63, 3.8) is 0 Å². The van der Waals surface area contributed by atoms with Crippen LogP contribution in [0.4, 0.5) is 17.1 Å². The van der Waals surface area contributed by atoms with Gasteiger partial charge in [0.25, 0.3) is 0 Å². The molecule has 10 rings (SSSR count). The zero-order chi connectivity index (χ0) is 34.4. The lowest BCUT2D eigenvalue weighted by atomic mass is 9.97. The molecule has 0 aliphatic heterocycles. The number of hydrogen-bond donors (Lipinski definition) is 0. The molecule has 2 heteroatoms. The van der Waals surface area contributed by atoms with Gasteiger partial charge in [-0.05, 0) is 103 Å². The summed E-state index contributed by atoms with van der Waals surface area (Å²) in [5.41, 5.74) is 10.7. The second-order valence-electron chi connectivity index (χ2n) is 13.4. The average molecular weight is 680 g/mol. The van der Waals surface area contributed by atoms with E-state index in [0.29, 0.717) is 0 Å². The highest BCUT2D eigenvalue weighted by atomic mass is 32.1. The van der Waals surface area contributed by atoms with Crippen LogP contribution in [0, 0.1) is 0 Å². The molecule has 0 saturated heterocycles. The van der Waals surface area contributed by atoms with Gasteiger partial charge >= 0.3 is 0 Å². The van der Waals surface area contributed by atoms with E-state index in [9.17, 15) is 0 Å². The molecule has 0 radical (unpaired) electrons. The Morgan fingerprint density at radius 3 is 1.75 bits per heavy atom. The van der Waals surface area contributed by atoms with Gasteiger partial charge in [0.2, 0.25) is 0 Å². The first-order chi connectivity index (χ1) is 25.8. The van der Waals surface area contributed by atoms with Crippen LogP contribution >= 0.6 is 11.3 Å². The predicted octanol–water partition coefficient (Wildman–Crippen LogP) is 14.8. The Balaban J connectivity index is 1.10. The second kappa shape index (κ2) is 12.7. The van der Waals surface area contributed by atoms with Gasteiger partial charge in [-0.2, -0.15) is 0 Å². The first-order valence-electron chi connectivity index (χ1n) is 17.8. The fourth-order valence-corrected chi connectivity index (χ4v) is 8.87. The molecule has 0 aliphatic carbocycles. The minimum atomic E-state index is 1.12. The molecular formula is C50H33NS. The Kier molecular flexibility index (Phi) is 7.41. The molecule has 0 amide bonds. The summed E-state index contributed by atoms with van der Waals surface area (Å²) >= 11 is 1.87. The Morgan fingerprint density at radius 1 is 0.327 bits per heavy atom. The van der Waals surface area contributed by atoms with Crippen molar-refractivity contribution in [1.82, 2.24) is 0 Å². The summed E-state index contributed by atoms with van der Waals surface area (Å²) in [5, 5.41) is 7.59. The Morgan fingerprint density at radius 2 is 0.923 bits per heavy atom. The molecule has 9 aromatic carbocycles. The number of hydrogen-bond acceptors (Lipinski definition) is 2. The molecule has 0 unspecified atom stereocenters. The van der Waals surface area contributed by atoms with Crippen molar-refractivity contribution in [2.75, 3.05) is 4.90 Å². The van der Waals surface area contributed by atoms with Gasteiger partial charge in [0, 0.05) is 26.8 Å². The molecule has 1 nitrogen and oxygen atoms in total. The van der Waals surface area contributed by atoms with E-state index in [0.717, 1.165) is 11.4 Å². The van der Waals surface area contributed by atoms with E-state index < -0.39 is 0 Å². The summed E-state index contributed by atoms with van der Waals surface area (Å²) in [4.78, 5) is 2.43. The van der Waals surface area contributed by atoms with Crippen LogP contribution in [0.5, 0.6) is 0 Å². The fourth-order valence-electron chi connectivity index (χ4n) is 7.66. The minimum Gasteiger partial charge on any atom is -0.309 e.